The quantitative estimate of drug-likeness (QED) is 0.703. The van der Waals surface area contributed by atoms with E-state index in [0.29, 0.717) is 25.7 Å². The maximum Gasteiger partial charge on any atom is 0.224 e. The van der Waals surface area contributed by atoms with E-state index in [1.807, 2.05) is 11.9 Å². The van der Waals surface area contributed by atoms with Crippen molar-refractivity contribution in [1.82, 2.24) is 4.90 Å². The molecule has 2 rings (SSSR count). The Morgan fingerprint density at radius 2 is 2.00 bits per heavy atom. The zero-order valence-corrected chi connectivity index (χ0v) is 13.0. The lowest BCUT2D eigenvalue weighted by atomic mass is 9.86. The van der Waals surface area contributed by atoms with E-state index in [1.54, 1.807) is 0 Å². The van der Waals surface area contributed by atoms with E-state index in [0.717, 1.165) is 38.2 Å². The fourth-order valence-corrected chi connectivity index (χ4v) is 3.16. The molecule has 4 heteroatoms. The van der Waals surface area contributed by atoms with Gasteiger partial charge in [0.05, 0.1) is 25.7 Å². The molecule has 1 aliphatic heterocycles. The van der Waals surface area contributed by atoms with Crippen molar-refractivity contribution in [2.45, 2.75) is 64.0 Å². The van der Waals surface area contributed by atoms with Gasteiger partial charge in [-0.25, -0.2) is 0 Å². The summed E-state index contributed by atoms with van der Waals surface area (Å²) in [6.07, 6.45) is 7.78. The first-order valence-electron chi connectivity index (χ1n) is 8.12. The minimum atomic E-state index is 0.219. The number of hydrogen-bond donors (Lipinski definition) is 0. The minimum Gasteiger partial charge on any atom is -0.378 e. The van der Waals surface area contributed by atoms with Crippen molar-refractivity contribution in [3.8, 4) is 0 Å². The van der Waals surface area contributed by atoms with Crippen molar-refractivity contribution in [1.29, 1.82) is 0 Å². The van der Waals surface area contributed by atoms with E-state index in [-0.39, 0.29) is 12.0 Å². The fraction of sp³-hybridized carbons (Fsp3) is 0.938. The van der Waals surface area contributed by atoms with Crippen molar-refractivity contribution in [2.24, 2.45) is 5.92 Å². The van der Waals surface area contributed by atoms with Gasteiger partial charge in [0.15, 0.2) is 0 Å². The number of ether oxygens (including phenoxy) is 2. The van der Waals surface area contributed by atoms with Gasteiger partial charge in [0.25, 0.3) is 0 Å². The van der Waals surface area contributed by atoms with Crippen molar-refractivity contribution in [3.63, 3.8) is 0 Å². The summed E-state index contributed by atoms with van der Waals surface area (Å²) in [5.41, 5.74) is 0. The average Bonchev–Trinajstić information content (AvgIpc) is 2.96. The minimum absolute atomic E-state index is 0.219. The molecule has 0 N–H and O–H groups in total. The average molecular weight is 283 g/mol. The van der Waals surface area contributed by atoms with Crippen LogP contribution in [0.4, 0.5) is 0 Å². The topological polar surface area (TPSA) is 38.8 Å². The smallest absolute Gasteiger partial charge is 0.224 e. The van der Waals surface area contributed by atoms with Crippen molar-refractivity contribution < 1.29 is 14.3 Å². The Morgan fingerprint density at radius 1 is 1.25 bits per heavy atom. The van der Waals surface area contributed by atoms with Crippen molar-refractivity contribution in [2.75, 3.05) is 26.9 Å². The third-order valence-corrected chi connectivity index (χ3v) is 4.71. The van der Waals surface area contributed by atoms with Crippen LogP contribution in [0.1, 0.15) is 51.9 Å². The van der Waals surface area contributed by atoms with E-state index >= 15 is 0 Å². The molecule has 20 heavy (non-hydrogen) atoms. The lowest BCUT2D eigenvalue weighted by molar-refractivity contribution is -0.134. The van der Waals surface area contributed by atoms with Crippen LogP contribution in [0.5, 0.6) is 0 Å². The normalized spacial score (nSPS) is 30.4. The van der Waals surface area contributed by atoms with Crippen LogP contribution in [-0.2, 0) is 14.3 Å². The molecule has 1 saturated carbocycles. The van der Waals surface area contributed by atoms with Crippen LogP contribution in [0.3, 0.4) is 0 Å². The largest absolute Gasteiger partial charge is 0.378 e. The van der Waals surface area contributed by atoms with Crippen LogP contribution in [0, 0.1) is 5.92 Å². The maximum absolute atomic E-state index is 12.1. The molecule has 1 amide bonds. The molecule has 0 aromatic rings. The third-order valence-electron chi connectivity index (χ3n) is 4.71. The van der Waals surface area contributed by atoms with Gasteiger partial charge in [-0.1, -0.05) is 6.92 Å². The second kappa shape index (κ2) is 7.99. The van der Waals surface area contributed by atoms with E-state index in [1.165, 1.54) is 12.8 Å². The molecular formula is C16H29NO3. The summed E-state index contributed by atoms with van der Waals surface area (Å²) >= 11 is 0. The second-order valence-corrected chi connectivity index (χ2v) is 6.38. The Kier molecular flexibility index (Phi) is 6.30. The molecule has 0 spiro atoms. The molecule has 1 aliphatic carbocycles. The fourth-order valence-electron chi connectivity index (χ4n) is 3.16. The lowest BCUT2D eigenvalue weighted by Crippen LogP contribution is -2.39. The summed E-state index contributed by atoms with van der Waals surface area (Å²) in [6, 6.07) is 0.442. The second-order valence-electron chi connectivity index (χ2n) is 6.38. The first-order valence-corrected chi connectivity index (χ1v) is 8.12. The van der Waals surface area contributed by atoms with E-state index in [4.69, 9.17) is 9.47 Å². The molecule has 2 fully saturated rings. The summed E-state index contributed by atoms with van der Waals surface area (Å²) in [4.78, 5) is 14.1. The highest BCUT2D eigenvalue weighted by Crippen LogP contribution is 2.26. The van der Waals surface area contributed by atoms with Gasteiger partial charge in [0.1, 0.15) is 0 Å². The van der Waals surface area contributed by atoms with Gasteiger partial charge >= 0.3 is 0 Å². The van der Waals surface area contributed by atoms with Gasteiger partial charge in [-0.2, -0.15) is 0 Å². The number of hydrogen-bond acceptors (Lipinski definition) is 3. The van der Waals surface area contributed by atoms with Gasteiger partial charge in [0.2, 0.25) is 5.91 Å². The lowest BCUT2D eigenvalue weighted by Gasteiger charge is -2.33. The molecule has 4 nitrogen and oxygen atoms in total. The first kappa shape index (κ1) is 15.8. The maximum atomic E-state index is 12.1. The Morgan fingerprint density at radius 3 is 2.65 bits per heavy atom. The molecule has 0 aromatic heterocycles. The predicted molar refractivity (Wildman–Crippen MR) is 78.6 cm³/mol. The van der Waals surface area contributed by atoms with E-state index in [2.05, 4.69) is 6.92 Å². The summed E-state index contributed by atoms with van der Waals surface area (Å²) in [5, 5.41) is 0. The van der Waals surface area contributed by atoms with Crippen molar-refractivity contribution in [3.05, 3.63) is 0 Å². The molecule has 1 saturated heterocycles. The van der Waals surface area contributed by atoms with Gasteiger partial charge in [0, 0.05) is 19.7 Å². The summed E-state index contributed by atoms with van der Waals surface area (Å²) in [7, 11) is 1.95. The Bertz CT molecular complexity index is 294. The molecule has 0 radical (unpaired) electrons. The molecule has 2 aliphatic rings. The number of nitrogens with zero attached hydrogens (tertiary/aromatic N) is 1. The number of carbonyl (C=O) groups is 1. The summed E-state index contributed by atoms with van der Waals surface area (Å²) < 4.78 is 11.1. The molecule has 0 bridgehead atoms. The van der Waals surface area contributed by atoms with E-state index in [9.17, 15) is 4.79 Å². The van der Waals surface area contributed by atoms with Crippen LogP contribution in [0.15, 0.2) is 0 Å². The highest BCUT2D eigenvalue weighted by atomic mass is 16.5. The Hall–Kier alpha value is -0.610. The SMILES string of the molecule is CC1CCC(N(C)C(=O)CCOCC2CCCO2)CC1. The number of rotatable bonds is 6. The molecule has 0 aromatic carbocycles. The van der Waals surface area contributed by atoms with Crippen LogP contribution >= 0.6 is 0 Å². The molecule has 1 heterocycles. The zero-order valence-electron chi connectivity index (χ0n) is 13.0. The van der Waals surface area contributed by atoms with Crippen LogP contribution in [0.2, 0.25) is 0 Å². The molecule has 116 valence electrons. The van der Waals surface area contributed by atoms with Gasteiger partial charge in [-0.3, -0.25) is 4.79 Å². The summed E-state index contributed by atoms with van der Waals surface area (Å²) in [5.74, 6) is 1.04. The van der Waals surface area contributed by atoms with Crippen LogP contribution < -0.4 is 0 Å². The molecule has 1 unspecified atom stereocenters. The Balaban J connectivity index is 1.58. The predicted octanol–water partition coefficient (Wildman–Crippen LogP) is 2.61. The Labute approximate surface area is 122 Å². The number of carbonyl (C=O) groups excluding carboxylic acids is 1. The van der Waals surface area contributed by atoms with Gasteiger partial charge in [-0.15, -0.1) is 0 Å². The first-order chi connectivity index (χ1) is 9.66. The third kappa shape index (κ3) is 4.74. The molecule has 1 atom stereocenters. The van der Waals surface area contributed by atoms with Crippen molar-refractivity contribution >= 4 is 5.91 Å². The highest BCUT2D eigenvalue weighted by Gasteiger charge is 2.24. The number of amides is 1. The standard InChI is InChI=1S/C16H29NO3/c1-13-5-7-14(8-6-13)17(2)16(18)9-11-19-12-15-4-3-10-20-15/h13-15H,3-12H2,1-2H3. The highest BCUT2D eigenvalue weighted by molar-refractivity contribution is 5.76. The van der Waals surface area contributed by atoms with Gasteiger partial charge in [-0.05, 0) is 44.4 Å². The molecular weight excluding hydrogens is 254 g/mol. The van der Waals surface area contributed by atoms with Gasteiger partial charge < -0.3 is 14.4 Å². The van der Waals surface area contributed by atoms with Crippen LogP contribution in [0.25, 0.3) is 0 Å². The van der Waals surface area contributed by atoms with E-state index < -0.39 is 0 Å². The zero-order chi connectivity index (χ0) is 14.4. The monoisotopic (exact) mass is 283 g/mol. The van der Waals surface area contributed by atoms with Crippen LogP contribution in [-0.4, -0.2) is 49.8 Å². The summed E-state index contributed by atoms with van der Waals surface area (Å²) in [6.45, 7) is 4.32.